The summed E-state index contributed by atoms with van der Waals surface area (Å²) in [6, 6.07) is 5.97. The van der Waals surface area contributed by atoms with Crippen molar-refractivity contribution in [1.29, 1.82) is 0 Å². The number of carboxylic acid groups (broad SMARTS) is 1. The zero-order chi connectivity index (χ0) is 14.0. The highest BCUT2D eigenvalue weighted by atomic mass is 35.5. The fourth-order valence-corrected chi connectivity index (χ4v) is 3.18. The molecule has 2 rings (SSSR count). The third-order valence-electron chi connectivity index (χ3n) is 2.56. The highest BCUT2D eigenvalue weighted by Crippen LogP contribution is 2.25. The molecule has 0 atom stereocenters. The Hall–Kier alpha value is -1.31. The molecule has 104 valence electrons. The van der Waals surface area contributed by atoms with Gasteiger partial charge in [-0.1, -0.05) is 17.7 Å². The molecule has 0 bridgehead atoms. The van der Waals surface area contributed by atoms with E-state index in [0.29, 0.717) is 5.02 Å². The molecular weight excluding hydrogens is 292 g/mol. The Labute approximate surface area is 116 Å². The topological polar surface area (TPSA) is 86.7 Å². The number of aliphatic carboxylic acids is 1. The Balaban J connectivity index is 2.31. The third-order valence-corrected chi connectivity index (χ3v) is 4.34. The number of benzene rings is 1. The van der Waals surface area contributed by atoms with E-state index >= 15 is 0 Å². The molecule has 1 aliphatic carbocycles. The molecule has 0 saturated heterocycles. The average Bonchev–Trinajstić information content (AvgIpc) is 3.08. The number of hydrogen-bond acceptors (Lipinski definition) is 3. The van der Waals surface area contributed by atoms with Crippen LogP contribution >= 0.6 is 11.6 Å². The minimum Gasteiger partial charge on any atom is -0.480 e. The van der Waals surface area contributed by atoms with E-state index in [2.05, 4.69) is 4.72 Å². The van der Waals surface area contributed by atoms with Crippen molar-refractivity contribution in [3.05, 3.63) is 29.3 Å². The monoisotopic (exact) mass is 304 g/mol. The van der Waals surface area contributed by atoms with E-state index in [4.69, 9.17) is 16.7 Å². The van der Waals surface area contributed by atoms with Crippen LogP contribution in [0, 0.1) is 0 Å². The normalized spacial score (nSPS) is 15.2. The summed E-state index contributed by atoms with van der Waals surface area (Å²) in [6.07, 6.45) is 1.55. The van der Waals surface area contributed by atoms with Gasteiger partial charge in [-0.25, -0.2) is 4.31 Å². The van der Waals surface area contributed by atoms with Crippen LogP contribution in [0.15, 0.2) is 24.3 Å². The zero-order valence-corrected chi connectivity index (χ0v) is 11.5. The Morgan fingerprint density at radius 2 is 2.16 bits per heavy atom. The van der Waals surface area contributed by atoms with E-state index in [1.165, 1.54) is 12.1 Å². The van der Waals surface area contributed by atoms with E-state index in [1.54, 1.807) is 12.1 Å². The number of rotatable bonds is 6. The fourth-order valence-electron chi connectivity index (χ4n) is 1.54. The van der Waals surface area contributed by atoms with Crippen molar-refractivity contribution in [1.82, 2.24) is 4.72 Å². The summed E-state index contributed by atoms with van der Waals surface area (Å²) in [7, 11) is -3.88. The number of nitrogens with one attached hydrogen (secondary N) is 1. The van der Waals surface area contributed by atoms with Gasteiger partial charge in [-0.2, -0.15) is 13.1 Å². The molecule has 19 heavy (non-hydrogen) atoms. The van der Waals surface area contributed by atoms with Crippen LogP contribution in [0.3, 0.4) is 0 Å². The standard InChI is InChI=1S/C11H13ClN2O4S/c12-8-2-1-3-10(6-8)14(7-11(15)16)19(17,18)13-9-4-5-9/h1-3,6,9,13H,4-5,7H2,(H,15,16). The molecule has 1 fully saturated rings. The first kappa shape index (κ1) is 14.1. The van der Waals surface area contributed by atoms with Crippen LogP contribution < -0.4 is 9.03 Å². The molecule has 0 aliphatic heterocycles. The van der Waals surface area contributed by atoms with E-state index in [9.17, 15) is 13.2 Å². The van der Waals surface area contributed by atoms with Crippen LogP contribution in [0.2, 0.25) is 5.02 Å². The van der Waals surface area contributed by atoms with Gasteiger partial charge in [0.15, 0.2) is 0 Å². The minimum absolute atomic E-state index is 0.0968. The van der Waals surface area contributed by atoms with Crippen LogP contribution in [0.25, 0.3) is 0 Å². The summed E-state index contributed by atoms with van der Waals surface area (Å²) < 4.78 is 27.5. The van der Waals surface area contributed by atoms with Crippen LogP contribution in [0.1, 0.15) is 12.8 Å². The van der Waals surface area contributed by atoms with Gasteiger partial charge >= 0.3 is 16.2 Å². The second-order valence-electron chi connectivity index (χ2n) is 4.28. The maximum absolute atomic E-state index is 12.1. The molecule has 8 heteroatoms. The lowest BCUT2D eigenvalue weighted by Gasteiger charge is -2.23. The Morgan fingerprint density at radius 3 is 2.68 bits per heavy atom. The lowest BCUT2D eigenvalue weighted by Crippen LogP contribution is -2.44. The van der Waals surface area contributed by atoms with Crippen molar-refractivity contribution in [3.8, 4) is 0 Å². The third kappa shape index (κ3) is 3.82. The molecule has 1 aliphatic rings. The van der Waals surface area contributed by atoms with Crippen LogP contribution in [-0.2, 0) is 15.0 Å². The Morgan fingerprint density at radius 1 is 1.47 bits per heavy atom. The van der Waals surface area contributed by atoms with Crippen LogP contribution in [0.4, 0.5) is 5.69 Å². The molecule has 2 N–H and O–H groups in total. The maximum Gasteiger partial charge on any atom is 0.324 e. The van der Waals surface area contributed by atoms with Gasteiger partial charge in [-0.3, -0.25) is 4.79 Å². The van der Waals surface area contributed by atoms with Gasteiger partial charge in [0.2, 0.25) is 0 Å². The number of nitrogens with zero attached hydrogens (tertiary/aromatic N) is 1. The van der Waals surface area contributed by atoms with Gasteiger partial charge in [0.1, 0.15) is 6.54 Å². The number of carbonyl (C=O) groups is 1. The smallest absolute Gasteiger partial charge is 0.324 e. The molecule has 0 unspecified atom stereocenters. The summed E-state index contributed by atoms with van der Waals surface area (Å²) >= 11 is 5.80. The molecule has 0 amide bonds. The quantitative estimate of drug-likeness (QED) is 0.827. The second kappa shape index (κ2) is 5.36. The van der Waals surface area contributed by atoms with E-state index in [0.717, 1.165) is 17.1 Å². The molecule has 0 aromatic heterocycles. The van der Waals surface area contributed by atoms with Gasteiger partial charge < -0.3 is 5.11 Å². The van der Waals surface area contributed by atoms with Crippen molar-refractivity contribution in [2.75, 3.05) is 10.8 Å². The first-order valence-electron chi connectivity index (χ1n) is 5.66. The molecule has 0 radical (unpaired) electrons. The van der Waals surface area contributed by atoms with E-state index in [1.807, 2.05) is 0 Å². The van der Waals surface area contributed by atoms with Gasteiger partial charge in [-0.05, 0) is 31.0 Å². The highest BCUT2D eigenvalue weighted by Gasteiger charge is 2.32. The summed E-state index contributed by atoms with van der Waals surface area (Å²) in [5.41, 5.74) is 0.225. The van der Waals surface area contributed by atoms with E-state index in [-0.39, 0.29) is 11.7 Å². The van der Waals surface area contributed by atoms with Gasteiger partial charge in [0, 0.05) is 11.1 Å². The first-order valence-corrected chi connectivity index (χ1v) is 7.47. The summed E-state index contributed by atoms with van der Waals surface area (Å²) in [6.45, 7) is -0.650. The van der Waals surface area contributed by atoms with Gasteiger partial charge in [-0.15, -0.1) is 0 Å². The second-order valence-corrected chi connectivity index (χ2v) is 6.34. The Bertz CT molecular complexity index is 586. The largest absolute Gasteiger partial charge is 0.480 e. The minimum atomic E-state index is -3.88. The maximum atomic E-state index is 12.1. The molecule has 1 aromatic carbocycles. The highest BCUT2D eigenvalue weighted by molar-refractivity contribution is 7.91. The SMILES string of the molecule is O=C(O)CN(c1cccc(Cl)c1)S(=O)(=O)NC1CC1. The van der Waals surface area contributed by atoms with Crippen molar-refractivity contribution in [3.63, 3.8) is 0 Å². The summed E-state index contributed by atoms with van der Waals surface area (Å²) in [5, 5.41) is 9.20. The molecular formula is C11H13ClN2O4S. The van der Waals surface area contributed by atoms with Gasteiger partial charge in [0.05, 0.1) is 5.69 Å². The average molecular weight is 305 g/mol. The number of halogens is 1. The first-order chi connectivity index (χ1) is 8.88. The van der Waals surface area contributed by atoms with Crippen molar-refractivity contribution in [2.45, 2.75) is 18.9 Å². The number of anilines is 1. The predicted molar refractivity (Wildman–Crippen MR) is 71.5 cm³/mol. The molecule has 0 heterocycles. The zero-order valence-electron chi connectivity index (χ0n) is 9.91. The van der Waals surface area contributed by atoms with Gasteiger partial charge in [0.25, 0.3) is 0 Å². The molecule has 1 aromatic rings. The number of hydrogen-bond donors (Lipinski definition) is 2. The number of carboxylic acids is 1. The lowest BCUT2D eigenvalue weighted by atomic mass is 10.3. The lowest BCUT2D eigenvalue weighted by molar-refractivity contribution is -0.135. The molecule has 0 spiro atoms. The van der Waals surface area contributed by atoms with Crippen molar-refractivity contribution in [2.24, 2.45) is 0 Å². The van der Waals surface area contributed by atoms with Crippen molar-refractivity contribution >= 4 is 33.5 Å². The predicted octanol–water partition coefficient (Wildman–Crippen LogP) is 1.23. The van der Waals surface area contributed by atoms with Crippen LogP contribution in [-0.4, -0.2) is 32.1 Å². The van der Waals surface area contributed by atoms with E-state index < -0.39 is 22.7 Å². The summed E-state index contributed by atoms with van der Waals surface area (Å²) in [4.78, 5) is 10.8. The fraction of sp³-hybridized carbons (Fsp3) is 0.364. The van der Waals surface area contributed by atoms with Crippen molar-refractivity contribution < 1.29 is 18.3 Å². The molecule has 1 saturated carbocycles. The van der Waals surface area contributed by atoms with Crippen LogP contribution in [0.5, 0.6) is 0 Å². The Kier molecular flexibility index (Phi) is 3.98. The molecule has 6 nitrogen and oxygen atoms in total. The summed E-state index contributed by atoms with van der Waals surface area (Å²) in [5.74, 6) is -1.24.